The summed E-state index contributed by atoms with van der Waals surface area (Å²) in [5.41, 5.74) is 0.520. The fourth-order valence-electron chi connectivity index (χ4n) is 2.26. The molecule has 0 aliphatic rings. The molecule has 0 saturated carbocycles. The first-order valence-corrected chi connectivity index (χ1v) is 7.79. The van der Waals surface area contributed by atoms with Crippen molar-refractivity contribution in [2.75, 3.05) is 13.1 Å². The van der Waals surface area contributed by atoms with E-state index in [9.17, 15) is 9.59 Å². The van der Waals surface area contributed by atoms with Crippen LogP contribution >= 0.6 is 0 Å². The lowest BCUT2D eigenvalue weighted by molar-refractivity contribution is -0.137. The van der Waals surface area contributed by atoms with Crippen LogP contribution in [-0.4, -0.2) is 40.0 Å². The summed E-state index contributed by atoms with van der Waals surface area (Å²) in [6.45, 7) is 3.07. The maximum Gasteiger partial charge on any atom is 0.305 e. The van der Waals surface area contributed by atoms with Crippen LogP contribution in [0.3, 0.4) is 0 Å². The van der Waals surface area contributed by atoms with Crippen LogP contribution in [0.4, 0.5) is 0 Å². The average molecular weight is 294 g/mol. The number of hydrogen-bond acceptors (Lipinski definition) is 2. The molecule has 1 rings (SSSR count). The number of aromatic nitrogens is 1. The van der Waals surface area contributed by atoms with Gasteiger partial charge in [0.2, 0.25) is 0 Å². The fourth-order valence-corrected chi connectivity index (χ4v) is 2.26. The molecule has 0 atom stereocenters. The molecule has 21 heavy (non-hydrogen) atoms. The quantitative estimate of drug-likeness (QED) is 0.615. The number of nitrogens with one attached hydrogen (secondary N) is 1. The van der Waals surface area contributed by atoms with Gasteiger partial charge in [-0.25, -0.2) is 0 Å². The van der Waals surface area contributed by atoms with Crippen molar-refractivity contribution in [1.29, 1.82) is 0 Å². The van der Waals surface area contributed by atoms with Crippen LogP contribution in [0.15, 0.2) is 18.3 Å². The number of amides is 1. The van der Waals surface area contributed by atoms with Gasteiger partial charge in [-0.15, -0.1) is 0 Å². The number of carbonyl (C=O) groups excluding carboxylic acids is 1. The zero-order chi connectivity index (χ0) is 15.5. The second-order valence-electron chi connectivity index (χ2n) is 5.29. The highest BCUT2D eigenvalue weighted by Crippen LogP contribution is 2.09. The molecule has 0 saturated heterocycles. The summed E-state index contributed by atoms with van der Waals surface area (Å²) in [4.78, 5) is 27.5. The Kier molecular flexibility index (Phi) is 8.24. The molecule has 118 valence electrons. The first kappa shape index (κ1) is 17.3. The smallest absolute Gasteiger partial charge is 0.305 e. The van der Waals surface area contributed by atoms with E-state index in [-0.39, 0.29) is 18.9 Å². The van der Waals surface area contributed by atoms with Crippen LogP contribution in [0.1, 0.15) is 62.4 Å². The predicted molar refractivity (Wildman–Crippen MR) is 82.3 cm³/mol. The maximum atomic E-state index is 12.3. The van der Waals surface area contributed by atoms with Crippen LogP contribution in [0.2, 0.25) is 0 Å². The second kappa shape index (κ2) is 10.0. The Balaban J connectivity index is 2.41. The van der Waals surface area contributed by atoms with Crippen molar-refractivity contribution in [3.8, 4) is 0 Å². The molecule has 1 amide bonds. The van der Waals surface area contributed by atoms with Gasteiger partial charge >= 0.3 is 5.97 Å². The zero-order valence-corrected chi connectivity index (χ0v) is 12.8. The summed E-state index contributed by atoms with van der Waals surface area (Å²) in [5.74, 6) is -0.989. The van der Waals surface area contributed by atoms with E-state index in [4.69, 9.17) is 5.11 Å². The number of hydrogen-bond donors (Lipinski definition) is 2. The van der Waals surface area contributed by atoms with E-state index in [2.05, 4.69) is 11.9 Å². The van der Waals surface area contributed by atoms with Crippen LogP contribution in [0, 0.1) is 0 Å². The number of unbranched alkanes of at least 4 members (excludes halogenated alkanes) is 5. The van der Waals surface area contributed by atoms with Gasteiger partial charge < -0.3 is 15.0 Å². The molecule has 0 radical (unpaired) electrons. The minimum absolute atomic E-state index is 0.0116. The Morgan fingerprint density at radius 1 is 1.14 bits per heavy atom. The third-order valence-electron chi connectivity index (χ3n) is 3.49. The van der Waals surface area contributed by atoms with Crippen LogP contribution in [-0.2, 0) is 4.79 Å². The summed E-state index contributed by atoms with van der Waals surface area (Å²) >= 11 is 0. The molecule has 5 heteroatoms. The van der Waals surface area contributed by atoms with E-state index >= 15 is 0 Å². The van der Waals surface area contributed by atoms with Crippen molar-refractivity contribution in [2.45, 2.75) is 51.9 Å². The van der Waals surface area contributed by atoms with Gasteiger partial charge in [0.25, 0.3) is 5.91 Å². The summed E-state index contributed by atoms with van der Waals surface area (Å²) < 4.78 is 0. The van der Waals surface area contributed by atoms with Crippen molar-refractivity contribution in [3.63, 3.8) is 0 Å². The van der Waals surface area contributed by atoms with Crippen LogP contribution < -0.4 is 0 Å². The Hall–Kier alpha value is -1.78. The highest BCUT2D eigenvalue weighted by molar-refractivity contribution is 5.92. The Labute approximate surface area is 126 Å². The maximum absolute atomic E-state index is 12.3. The lowest BCUT2D eigenvalue weighted by Gasteiger charge is -2.21. The lowest BCUT2D eigenvalue weighted by atomic mass is 10.1. The van der Waals surface area contributed by atoms with E-state index in [0.717, 1.165) is 12.8 Å². The van der Waals surface area contributed by atoms with Gasteiger partial charge in [0.15, 0.2) is 0 Å². The van der Waals surface area contributed by atoms with E-state index in [1.54, 1.807) is 23.2 Å². The standard InChI is InChI=1S/C16H26N2O3/c1-2-3-4-5-6-7-12-18(13-10-15(19)20)16(21)14-9-8-11-17-14/h8-9,11,17H,2-7,10,12-13H2,1H3,(H,19,20). The highest BCUT2D eigenvalue weighted by atomic mass is 16.4. The van der Waals surface area contributed by atoms with E-state index in [0.29, 0.717) is 12.2 Å². The van der Waals surface area contributed by atoms with Gasteiger partial charge in [0.1, 0.15) is 5.69 Å². The summed E-state index contributed by atoms with van der Waals surface area (Å²) in [7, 11) is 0. The van der Waals surface area contributed by atoms with E-state index < -0.39 is 5.97 Å². The first-order valence-electron chi connectivity index (χ1n) is 7.79. The normalized spacial score (nSPS) is 10.5. The summed E-state index contributed by atoms with van der Waals surface area (Å²) in [6, 6.07) is 3.49. The Bertz CT molecular complexity index is 415. The Morgan fingerprint density at radius 2 is 1.86 bits per heavy atom. The van der Waals surface area contributed by atoms with E-state index in [1.807, 2.05) is 0 Å². The molecule has 0 aliphatic heterocycles. The Morgan fingerprint density at radius 3 is 2.48 bits per heavy atom. The van der Waals surface area contributed by atoms with Gasteiger partial charge in [-0.05, 0) is 18.6 Å². The van der Waals surface area contributed by atoms with Crippen molar-refractivity contribution in [3.05, 3.63) is 24.0 Å². The molecule has 1 aromatic rings. The van der Waals surface area contributed by atoms with Gasteiger partial charge in [-0.2, -0.15) is 0 Å². The third kappa shape index (κ3) is 6.97. The number of aliphatic carboxylic acids is 1. The summed E-state index contributed by atoms with van der Waals surface area (Å²) in [5, 5.41) is 8.80. The first-order chi connectivity index (χ1) is 10.1. The van der Waals surface area contributed by atoms with Crippen molar-refractivity contribution in [2.24, 2.45) is 0 Å². The SMILES string of the molecule is CCCCCCCCN(CCC(=O)O)C(=O)c1ccc[nH]1. The number of nitrogens with zero attached hydrogens (tertiary/aromatic N) is 1. The number of carbonyl (C=O) groups is 2. The molecule has 0 fully saturated rings. The average Bonchev–Trinajstić information content (AvgIpc) is 2.99. The molecular formula is C16H26N2O3. The topological polar surface area (TPSA) is 73.4 Å². The molecule has 5 nitrogen and oxygen atoms in total. The number of aromatic amines is 1. The molecule has 0 aromatic carbocycles. The molecule has 1 heterocycles. The fraction of sp³-hybridized carbons (Fsp3) is 0.625. The molecule has 0 bridgehead atoms. The van der Waals surface area contributed by atoms with Gasteiger partial charge in [-0.1, -0.05) is 39.0 Å². The number of rotatable bonds is 11. The molecule has 0 aliphatic carbocycles. The number of carboxylic acids is 1. The van der Waals surface area contributed by atoms with Gasteiger partial charge in [0.05, 0.1) is 6.42 Å². The number of H-pyrrole nitrogens is 1. The van der Waals surface area contributed by atoms with Crippen molar-refractivity contribution < 1.29 is 14.7 Å². The largest absolute Gasteiger partial charge is 0.481 e. The molecule has 2 N–H and O–H groups in total. The molecule has 0 unspecified atom stereocenters. The second-order valence-corrected chi connectivity index (χ2v) is 5.29. The summed E-state index contributed by atoms with van der Waals surface area (Å²) in [6.07, 6.45) is 8.58. The monoisotopic (exact) mass is 294 g/mol. The predicted octanol–water partition coefficient (Wildman–Crippen LogP) is 3.29. The van der Waals surface area contributed by atoms with Crippen LogP contribution in [0.5, 0.6) is 0 Å². The molecular weight excluding hydrogens is 268 g/mol. The van der Waals surface area contributed by atoms with Gasteiger partial charge in [0, 0.05) is 19.3 Å². The van der Waals surface area contributed by atoms with Crippen molar-refractivity contribution >= 4 is 11.9 Å². The van der Waals surface area contributed by atoms with Crippen molar-refractivity contribution in [1.82, 2.24) is 9.88 Å². The van der Waals surface area contributed by atoms with Crippen LogP contribution in [0.25, 0.3) is 0 Å². The molecule has 0 spiro atoms. The van der Waals surface area contributed by atoms with E-state index in [1.165, 1.54) is 25.7 Å². The number of carboxylic acid groups (broad SMARTS) is 1. The third-order valence-corrected chi connectivity index (χ3v) is 3.49. The zero-order valence-electron chi connectivity index (χ0n) is 12.8. The minimum Gasteiger partial charge on any atom is -0.481 e. The van der Waals surface area contributed by atoms with Gasteiger partial charge in [-0.3, -0.25) is 9.59 Å². The molecule has 1 aromatic heterocycles. The highest BCUT2D eigenvalue weighted by Gasteiger charge is 2.16. The minimum atomic E-state index is -0.873. The lowest BCUT2D eigenvalue weighted by Crippen LogP contribution is -2.34.